The molecule has 1 aliphatic rings. The van der Waals surface area contributed by atoms with Crippen molar-refractivity contribution in [2.75, 3.05) is 6.61 Å². The summed E-state index contributed by atoms with van der Waals surface area (Å²) in [5.41, 5.74) is 4.73. The minimum absolute atomic E-state index is 0.0435. The third kappa shape index (κ3) is 3.65. The highest BCUT2D eigenvalue weighted by molar-refractivity contribution is 5.78. The molecule has 3 aromatic rings. The van der Waals surface area contributed by atoms with Crippen molar-refractivity contribution >= 4 is 5.57 Å². The van der Waals surface area contributed by atoms with E-state index < -0.39 is 0 Å². The average Bonchev–Trinajstić information content (AvgIpc) is 2.75. The fraction of sp³-hybridized carbons (Fsp3) is 0.120. The molecule has 0 aliphatic carbocycles. The minimum Gasteiger partial charge on any atom is -0.489 e. The zero-order valence-electron chi connectivity index (χ0n) is 15.2. The van der Waals surface area contributed by atoms with Crippen LogP contribution in [-0.2, 0) is 11.3 Å². The lowest BCUT2D eigenvalue weighted by atomic mass is 9.83. The van der Waals surface area contributed by atoms with Gasteiger partial charge in [-0.2, -0.15) is 0 Å². The van der Waals surface area contributed by atoms with Gasteiger partial charge in [0.05, 0.1) is 0 Å². The zero-order chi connectivity index (χ0) is 18.5. The Hall–Kier alpha value is -3.26. The van der Waals surface area contributed by atoms with E-state index in [0.29, 0.717) is 13.2 Å². The van der Waals surface area contributed by atoms with Crippen LogP contribution >= 0.6 is 0 Å². The van der Waals surface area contributed by atoms with Gasteiger partial charge in [-0.3, -0.25) is 0 Å². The third-order valence-corrected chi connectivity index (χ3v) is 4.83. The first kappa shape index (κ1) is 17.2. The Bertz CT molecular complexity index is 942. The van der Waals surface area contributed by atoms with E-state index in [0.717, 1.165) is 17.1 Å². The number of rotatable bonds is 6. The van der Waals surface area contributed by atoms with E-state index in [2.05, 4.69) is 55.1 Å². The van der Waals surface area contributed by atoms with Gasteiger partial charge in [0.1, 0.15) is 24.7 Å². The fourth-order valence-electron chi connectivity index (χ4n) is 3.51. The predicted octanol–water partition coefficient (Wildman–Crippen LogP) is 5.98. The summed E-state index contributed by atoms with van der Waals surface area (Å²) in [6.45, 7) is 5.06. The first-order valence-electron chi connectivity index (χ1n) is 9.16. The molecule has 1 heterocycles. The molecule has 2 nitrogen and oxygen atoms in total. The Morgan fingerprint density at radius 3 is 2.30 bits per heavy atom. The maximum Gasteiger partial charge on any atom is 0.146 e. The summed E-state index contributed by atoms with van der Waals surface area (Å²) in [4.78, 5) is 0. The van der Waals surface area contributed by atoms with Crippen LogP contribution in [0.25, 0.3) is 5.57 Å². The topological polar surface area (TPSA) is 18.5 Å². The van der Waals surface area contributed by atoms with Gasteiger partial charge in [-0.25, -0.2) is 0 Å². The minimum atomic E-state index is 0.0435. The largest absolute Gasteiger partial charge is 0.489 e. The summed E-state index contributed by atoms with van der Waals surface area (Å²) >= 11 is 0. The summed E-state index contributed by atoms with van der Waals surface area (Å²) in [6.07, 6.45) is 1.98. The number of fused-ring (bicyclic) bond motifs is 1. The second-order valence-electron chi connectivity index (χ2n) is 6.51. The van der Waals surface area contributed by atoms with Crippen molar-refractivity contribution in [3.05, 3.63) is 120 Å². The van der Waals surface area contributed by atoms with Crippen LogP contribution in [-0.4, -0.2) is 6.61 Å². The molecule has 0 aromatic heterocycles. The van der Waals surface area contributed by atoms with E-state index in [-0.39, 0.29) is 5.92 Å². The monoisotopic (exact) mass is 354 g/mol. The summed E-state index contributed by atoms with van der Waals surface area (Å²) in [5, 5.41) is 0. The van der Waals surface area contributed by atoms with Gasteiger partial charge in [0.25, 0.3) is 0 Å². The number of benzene rings is 3. The van der Waals surface area contributed by atoms with Crippen molar-refractivity contribution in [1.82, 2.24) is 0 Å². The Morgan fingerprint density at radius 2 is 1.56 bits per heavy atom. The number of allylic oxidation sites excluding steroid dienone is 2. The van der Waals surface area contributed by atoms with E-state index in [9.17, 15) is 0 Å². The van der Waals surface area contributed by atoms with E-state index in [1.54, 1.807) is 0 Å². The maximum absolute atomic E-state index is 6.15. The van der Waals surface area contributed by atoms with Crippen LogP contribution in [0.2, 0.25) is 0 Å². The molecule has 1 unspecified atom stereocenters. The van der Waals surface area contributed by atoms with Crippen LogP contribution in [0, 0.1) is 0 Å². The van der Waals surface area contributed by atoms with Gasteiger partial charge in [0, 0.05) is 11.5 Å². The number of ether oxygens (including phenoxy) is 2. The first-order valence-corrected chi connectivity index (χ1v) is 9.16. The summed E-state index contributed by atoms with van der Waals surface area (Å²) in [7, 11) is 0. The van der Waals surface area contributed by atoms with Crippen LogP contribution in [0.15, 0.2) is 103 Å². The lowest BCUT2D eigenvalue weighted by Crippen LogP contribution is -2.17. The Labute approximate surface area is 160 Å². The summed E-state index contributed by atoms with van der Waals surface area (Å²) in [6, 6.07) is 28.7. The van der Waals surface area contributed by atoms with Gasteiger partial charge in [0.15, 0.2) is 0 Å². The lowest BCUT2D eigenvalue weighted by molar-refractivity contribution is 0.154. The van der Waals surface area contributed by atoms with Crippen molar-refractivity contribution in [2.24, 2.45) is 0 Å². The van der Waals surface area contributed by atoms with Crippen molar-refractivity contribution in [3.63, 3.8) is 0 Å². The van der Waals surface area contributed by atoms with Gasteiger partial charge >= 0.3 is 0 Å². The molecule has 1 atom stereocenters. The van der Waals surface area contributed by atoms with Gasteiger partial charge < -0.3 is 9.47 Å². The third-order valence-electron chi connectivity index (χ3n) is 4.83. The SMILES string of the molecule is C=CC(C1=C(COc2ccccc2)OCc2ccccc21)c1ccccc1. The molecule has 27 heavy (non-hydrogen) atoms. The highest BCUT2D eigenvalue weighted by Crippen LogP contribution is 2.40. The highest BCUT2D eigenvalue weighted by atomic mass is 16.5. The Morgan fingerprint density at radius 1 is 0.889 bits per heavy atom. The molecule has 0 spiro atoms. The summed E-state index contributed by atoms with van der Waals surface area (Å²) < 4.78 is 12.2. The maximum atomic E-state index is 6.15. The molecule has 1 aliphatic heterocycles. The zero-order valence-corrected chi connectivity index (χ0v) is 15.2. The normalized spacial score (nSPS) is 14.1. The molecule has 4 rings (SSSR count). The Kier molecular flexibility index (Phi) is 5.06. The molecule has 134 valence electrons. The van der Waals surface area contributed by atoms with Gasteiger partial charge in [0.2, 0.25) is 0 Å². The van der Waals surface area contributed by atoms with E-state index in [1.807, 2.05) is 42.5 Å². The van der Waals surface area contributed by atoms with Gasteiger partial charge in [-0.15, -0.1) is 6.58 Å². The van der Waals surface area contributed by atoms with E-state index in [4.69, 9.17) is 9.47 Å². The van der Waals surface area contributed by atoms with Crippen molar-refractivity contribution in [3.8, 4) is 5.75 Å². The molecule has 0 amide bonds. The smallest absolute Gasteiger partial charge is 0.146 e. The molecule has 0 N–H and O–H groups in total. The highest BCUT2D eigenvalue weighted by Gasteiger charge is 2.26. The van der Waals surface area contributed by atoms with Crippen molar-refractivity contribution in [2.45, 2.75) is 12.5 Å². The predicted molar refractivity (Wildman–Crippen MR) is 109 cm³/mol. The summed E-state index contributed by atoms with van der Waals surface area (Å²) in [5.74, 6) is 1.75. The van der Waals surface area contributed by atoms with Crippen molar-refractivity contribution < 1.29 is 9.47 Å². The molecule has 0 saturated heterocycles. The lowest BCUT2D eigenvalue weighted by Gasteiger charge is -2.28. The second kappa shape index (κ2) is 7.96. The average molecular weight is 354 g/mol. The van der Waals surface area contributed by atoms with E-state index in [1.165, 1.54) is 16.7 Å². The van der Waals surface area contributed by atoms with Crippen LogP contribution in [0.5, 0.6) is 5.75 Å². The molecular weight excluding hydrogens is 332 g/mol. The van der Waals surface area contributed by atoms with Crippen LogP contribution in [0.4, 0.5) is 0 Å². The van der Waals surface area contributed by atoms with Crippen LogP contribution in [0.3, 0.4) is 0 Å². The number of hydrogen-bond acceptors (Lipinski definition) is 2. The molecule has 0 bridgehead atoms. The van der Waals surface area contributed by atoms with Gasteiger partial charge in [-0.1, -0.05) is 78.9 Å². The molecule has 0 saturated carbocycles. The quantitative estimate of drug-likeness (QED) is 0.507. The molecular formula is C25H22O2. The van der Waals surface area contributed by atoms with Crippen LogP contribution < -0.4 is 4.74 Å². The molecule has 0 radical (unpaired) electrons. The molecule has 3 aromatic carbocycles. The fourth-order valence-corrected chi connectivity index (χ4v) is 3.51. The first-order chi connectivity index (χ1) is 13.4. The number of hydrogen-bond donors (Lipinski definition) is 0. The Balaban J connectivity index is 1.76. The van der Waals surface area contributed by atoms with E-state index >= 15 is 0 Å². The van der Waals surface area contributed by atoms with Crippen molar-refractivity contribution in [1.29, 1.82) is 0 Å². The second-order valence-corrected chi connectivity index (χ2v) is 6.51. The molecule has 2 heteroatoms. The number of para-hydroxylation sites is 1. The molecule has 0 fully saturated rings. The standard InChI is InChI=1S/C25H22O2/c1-2-22(19-11-5-3-6-12-19)25-23-16-10-9-13-20(23)17-27-24(25)18-26-21-14-7-4-8-15-21/h2-16,22H,1,17-18H2. The van der Waals surface area contributed by atoms with Crippen LogP contribution in [0.1, 0.15) is 22.6 Å². The van der Waals surface area contributed by atoms with Gasteiger partial charge in [-0.05, 0) is 28.8 Å².